The summed E-state index contributed by atoms with van der Waals surface area (Å²) in [5.74, 6) is 1.06. The molecule has 2 N–H and O–H groups in total. The molecule has 5 rings (SSSR count). The molecule has 2 aromatic heterocycles. The maximum absolute atomic E-state index is 13.9. The second kappa shape index (κ2) is 10.8. The van der Waals surface area contributed by atoms with Gasteiger partial charge in [-0.3, -0.25) is 0 Å². The maximum Gasteiger partial charge on any atom is 0.141 e. The normalized spacial score (nSPS) is 17.8. The molecule has 1 saturated carbocycles. The number of hydrogen-bond acceptors (Lipinski definition) is 5. The fraction of sp³-hybridized carbons (Fsp3) is 0.321. The zero-order chi connectivity index (χ0) is 25.1. The van der Waals surface area contributed by atoms with E-state index in [4.69, 9.17) is 26.1 Å². The molecule has 2 heterocycles. The Morgan fingerprint density at radius 2 is 1.75 bits per heavy atom. The van der Waals surface area contributed by atoms with Crippen molar-refractivity contribution in [3.05, 3.63) is 77.3 Å². The summed E-state index contributed by atoms with van der Waals surface area (Å²) < 4.78 is 26.7. The SMILES string of the molecule is COc1cc(OC)c(-c2cn3ccc(N[C@H]4CC[C@H](NCc5ccccc5F)CC4)cc3n2)cc1Cl. The summed E-state index contributed by atoms with van der Waals surface area (Å²) in [5.41, 5.74) is 4.18. The van der Waals surface area contributed by atoms with Gasteiger partial charge in [0.2, 0.25) is 0 Å². The molecule has 0 radical (unpaired) electrons. The molecule has 2 aromatic carbocycles. The average Bonchev–Trinajstić information content (AvgIpc) is 3.32. The van der Waals surface area contributed by atoms with Crippen LogP contribution in [0.4, 0.5) is 10.1 Å². The molecule has 0 unspecified atom stereocenters. The van der Waals surface area contributed by atoms with E-state index in [9.17, 15) is 4.39 Å². The van der Waals surface area contributed by atoms with E-state index < -0.39 is 0 Å². The van der Waals surface area contributed by atoms with E-state index in [0.717, 1.165) is 53.8 Å². The average molecular weight is 509 g/mol. The molecule has 0 spiro atoms. The molecule has 0 aliphatic heterocycles. The standard InChI is InChI=1S/C28H30ClFN4O2/c1-35-26-15-27(36-2)23(29)14-22(26)25-17-34-12-11-21(13-28(34)33-25)32-20-9-7-19(8-10-20)31-16-18-5-3-4-6-24(18)30/h3-6,11-15,17,19-20,31-32H,7-10,16H2,1-2H3/t19-,20-. The van der Waals surface area contributed by atoms with Crippen LogP contribution in [0, 0.1) is 5.82 Å². The summed E-state index contributed by atoms with van der Waals surface area (Å²) in [6.45, 7) is 0.568. The smallest absolute Gasteiger partial charge is 0.141 e. The van der Waals surface area contributed by atoms with E-state index in [-0.39, 0.29) is 5.82 Å². The molecule has 1 aliphatic carbocycles. The van der Waals surface area contributed by atoms with Gasteiger partial charge in [0.05, 0.1) is 24.9 Å². The molecular weight excluding hydrogens is 479 g/mol. The van der Waals surface area contributed by atoms with Gasteiger partial charge < -0.3 is 24.5 Å². The number of anilines is 1. The lowest BCUT2D eigenvalue weighted by molar-refractivity contribution is 0.351. The quantitative estimate of drug-likeness (QED) is 0.291. The summed E-state index contributed by atoms with van der Waals surface area (Å²) in [5, 5.41) is 7.69. The summed E-state index contributed by atoms with van der Waals surface area (Å²) in [4.78, 5) is 4.82. The lowest BCUT2D eigenvalue weighted by Crippen LogP contribution is -2.36. The Labute approximate surface area is 215 Å². The van der Waals surface area contributed by atoms with E-state index >= 15 is 0 Å². The van der Waals surface area contributed by atoms with Crippen LogP contribution in [-0.2, 0) is 6.54 Å². The first-order valence-electron chi connectivity index (χ1n) is 12.2. The van der Waals surface area contributed by atoms with Gasteiger partial charge in [-0.2, -0.15) is 0 Å². The molecule has 1 aliphatic rings. The first-order valence-corrected chi connectivity index (χ1v) is 12.6. The lowest BCUT2D eigenvalue weighted by atomic mass is 9.91. The molecule has 0 atom stereocenters. The Hall–Kier alpha value is -3.29. The van der Waals surface area contributed by atoms with Gasteiger partial charge in [0.25, 0.3) is 0 Å². The van der Waals surface area contributed by atoms with Gasteiger partial charge in [0.1, 0.15) is 23.0 Å². The van der Waals surface area contributed by atoms with Crippen LogP contribution in [0.5, 0.6) is 11.5 Å². The van der Waals surface area contributed by atoms with Crippen molar-refractivity contribution in [2.24, 2.45) is 0 Å². The highest BCUT2D eigenvalue weighted by Crippen LogP contribution is 2.38. The Balaban J connectivity index is 1.22. The Morgan fingerprint density at radius 3 is 2.50 bits per heavy atom. The minimum atomic E-state index is -0.147. The van der Waals surface area contributed by atoms with E-state index in [1.165, 1.54) is 6.07 Å². The highest BCUT2D eigenvalue weighted by Gasteiger charge is 2.21. The highest BCUT2D eigenvalue weighted by molar-refractivity contribution is 6.32. The molecule has 0 saturated heterocycles. The van der Waals surface area contributed by atoms with E-state index in [0.29, 0.717) is 35.2 Å². The number of ether oxygens (including phenoxy) is 2. The summed E-state index contributed by atoms with van der Waals surface area (Å²) in [6.07, 6.45) is 8.20. The monoisotopic (exact) mass is 508 g/mol. The summed E-state index contributed by atoms with van der Waals surface area (Å²) >= 11 is 6.36. The van der Waals surface area contributed by atoms with Gasteiger partial charge in [0, 0.05) is 60.0 Å². The third kappa shape index (κ3) is 5.27. The number of rotatable bonds is 8. The number of methoxy groups -OCH3 is 2. The van der Waals surface area contributed by atoms with Crippen LogP contribution in [0.25, 0.3) is 16.9 Å². The van der Waals surface area contributed by atoms with Crippen molar-refractivity contribution >= 4 is 22.9 Å². The number of imidazole rings is 1. The first-order chi connectivity index (χ1) is 17.5. The first kappa shape index (κ1) is 24.4. The second-order valence-electron chi connectivity index (χ2n) is 9.16. The third-order valence-electron chi connectivity index (χ3n) is 6.85. The van der Waals surface area contributed by atoms with E-state index in [1.54, 1.807) is 26.4 Å². The molecule has 6 nitrogen and oxygen atoms in total. The van der Waals surface area contributed by atoms with Gasteiger partial charge in [-0.25, -0.2) is 9.37 Å². The predicted octanol–water partition coefficient (Wildman–Crippen LogP) is 6.32. The van der Waals surface area contributed by atoms with Crippen molar-refractivity contribution < 1.29 is 13.9 Å². The van der Waals surface area contributed by atoms with Crippen LogP contribution in [0.2, 0.25) is 5.02 Å². The summed E-state index contributed by atoms with van der Waals surface area (Å²) in [7, 11) is 3.20. The zero-order valence-electron chi connectivity index (χ0n) is 20.4. The molecule has 0 amide bonds. The van der Waals surface area contributed by atoms with Crippen molar-refractivity contribution in [3.63, 3.8) is 0 Å². The number of nitrogens with zero attached hydrogens (tertiary/aromatic N) is 2. The molecule has 0 bridgehead atoms. The number of halogens is 2. The molecule has 36 heavy (non-hydrogen) atoms. The Morgan fingerprint density at radius 1 is 1.00 bits per heavy atom. The number of pyridine rings is 1. The van der Waals surface area contributed by atoms with Crippen molar-refractivity contribution in [1.82, 2.24) is 14.7 Å². The van der Waals surface area contributed by atoms with Crippen molar-refractivity contribution in [1.29, 1.82) is 0 Å². The molecule has 1 fully saturated rings. The fourth-order valence-corrected chi connectivity index (χ4v) is 5.08. The number of aromatic nitrogens is 2. The number of nitrogens with one attached hydrogen (secondary N) is 2. The number of hydrogen-bond donors (Lipinski definition) is 2. The van der Waals surface area contributed by atoms with Crippen molar-refractivity contribution in [2.45, 2.75) is 44.3 Å². The number of fused-ring (bicyclic) bond motifs is 1. The molecular formula is C28H30ClFN4O2. The maximum atomic E-state index is 13.9. The van der Waals surface area contributed by atoms with Gasteiger partial charge in [-0.1, -0.05) is 29.8 Å². The van der Waals surface area contributed by atoms with Crippen LogP contribution in [-0.4, -0.2) is 35.7 Å². The second-order valence-corrected chi connectivity index (χ2v) is 9.57. The van der Waals surface area contributed by atoms with Crippen molar-refractivity contribution in [2.75, 3.05) is 19.5 Å². The summed E-state index contributed by atoms with van der Waals surface area (Å²) in [6, 6.07) is 15.5. The lowest BCUT2D eigenvalue weighted by Gasteiger charge is -2.30. The largest absolute Gasteiger partial charge is 0.496 e. The van der Waals surface area contributed by atoms with Crippen LogP contribution < -0.4 is 20.1 Å². The van der Waals surface area contributed by atoms with Gasteiger partial charge in [-0.15, -0.1) is 0 Å². The molecule has 8 heteroatoms. The van der Waals surface area contributed by atoms with Crippen LogP contribution in [0.15, 0.2) is 60.9 Å². The van der Waals surface area contributed by atoms with E-state index in [1.807, 2.05) is 35.0 Å². The Kier molecular flexibility index (Phi) is 7.30. The van der Waals surface area contributed by atoms with Crippen LogP contribution >= 0.6 is 11.6 Å². The molecule has 4 aromatic rings. The van der Waals surface area contributed by atoms with Gasteiger partial charge in [-0.05, 0) is 43.9 Å². The number of benzene rings is 2. The van der Waals surface area contributed by atoms with Crippen molar-refractivity contribution in [3.8, 4) is 22.8 Å². The van der Waals surface area contributed by atoms with Gasteiger partial charge >= 0.3 is 0 Å². The zero-order valence-corrected chi connectivity index (χ0v) is 21.2. The highest BCUT2D eigenvalue weighted by atomic mass is 35.5. The van der Waals surface area contributed by atoms with Crippen LogP contribution in [0.3, 0.4) is 0 Å². The fourth-order valence-electron chi connectivity index (χ4n) is 4.84. The van der Waals surface area contributed by atoms with Crippen LogP contribution in [0.1, 0.15) is 31.2 Å². The predicted molar refractivity (Wildman–Crippen MR) is 142 cm³/mol. The Bertz CT molecular complexity index is 1350. The van der Waals surface area contributed by atoms with E-state index in [2.05, 4.69) is 22.8 Å². The van der Waals surface area contributed by atoms with Gasteiger partial charge in [0.15, 0.2) is 0 Å². The minimum Gasteiger partial charge on any atom is -0.496 e. The third-order valence-corrected chi connectivity index (χ3v) is 7.14. The minimum absolute atomic E-state index is 0.147. The topological polar surface area (TPSA) is 59.8 Å². The molecule has 188 valence electrons.